The monoisotopic (exact) mass is 388 g/mol. The molecule has 1 saturated carbocycles. The van der Waals surface area contributed by atoms with Gasteiger partial charge in [-0.2, -0.15) is 13.2 Å². The van der Waals surface area contributed by atoms with Crippen LogP contribution in [0, 0.1) is 16.0 Å². The molecular formula is C16H19F3N4O4. The van der Waals surface area contributed by atoms with Gasteiger partial charge in [-0.25, -0.2) is 0 Å². The zero-order valence-electron chi connectivity index (χ0n) is 14.2. The third-order valence-corrected chi connectivity index (χ3v) is 4.42. The lowest BCUT2D eigenvalue weighted by molar-refractivity contribution is -0.384. The third kappa shape index (κ3) is 5.31. The van der Waals surface area contributed by atoms with E-state index in [1.54, 1.807) is 0 Å². The van der Waals surface area contributed by atoms with E-state index in [2.05, 4.69) is 10.6 Å². The van der Waals surface area contributed by atoms with Gasteiger partial charge in [-0.1, -0.05) is 6.42 Å². The largest absolute Gasteiger partial charge is 0.416 e. The maximum Gasteiger partial charge on any atom is 0.416 e. The van der Waals surface area contributed by atoms with Gasteiger partial charge in [-0.05, 0) is 25.0 Å². The summed E-state index contributed by atoms with van der Waals surface area (Å²) in [5, 5.41) is 16.3. The number of nitro groups is 1. The van der Waals surface area contributed by atoms with Gasteiger partial charge in [0, 0.05) is 25.1 Å². The molecule has 0 unspecified atom stereocenters. The van der Waals surface area contributed by atoms with Gasteiger partial charge in [-0.15, -0.1) is 0 Å². The summed E-state index contributed by atoms with van der Waals surface area (Å²) in [6.45, 7) is -0.0218. The number of primary amides is 1. The molecule has 1 aromatic carbocycles. The van der Waals surface area contributed by atoms with Crippen molar-refractivity contribution in [3.05, 3.63) is 33.9 Å². The second-order valence-electron chi connectivity index (χ2n) is 6.28. The normalized spacial score (nSPS) is 19.5. The highest BCUT2D eigenvalue weighted by molar-refractivity contribution is 5.81. The predicted molar refractivity (Wildman–Crippen MR) is 89.7 cm³/mol. The highest BCUT2D eigenvalue weighted by Crippen LogP contribution is 2.35. The average molecular weight is 388 g/mol. The number of amides is 2. The summed E-state index contributed by atoms with van der Waals surface area (Å²) < 4.78 is 38.0. The third-order valence-electron chi connectivity index (χ3n) is 4.42. The maximum atomic E-state index is 12.7. The van der Waals surface area contributed by atoms with E-state index in [0.717, 1.165) is 18.6 Å². The SMILES string of the molecule is NC(=O)[C@@H]1CCC[C@H]1NC(=O)CCNc1ccc(C(F)(F)F)cc1[N+](=O)[O-]. The summed E-state index contributed by atoms with van der Waals surface area (Å²) in [5.41, 5.74) is 3.31. The Hall–Kier alpha value is -2.85. The number of hydrogen-bond donors (Lipinski definition) is 3. The molecule has 1 aliphatic rings. The van der Waals surface area contributed by atoms with Crippen molar-refractivity contribution in [2.24, 2.45) is 11.7 Å². The minimum atomic E-state index is -4.69. The highest BCUT2D eigenvalue weighted by Gasteiger charge is 2.33. The number of carbonyl (C=O) groups excluding carboxylic acids is 2. The number of carbonyl (C=O) groups is 2. The molecule has 1 aliphatic carbocycles. The van der Waals surface area contributed by atoms with Crippen molar-refractivity contribution < 1.29 is 27.7 Å². The molecule has 2 amide bonds. The number of halogens is 3. The zero-order chi connectivity index (χ0) is 20.2. The quantitative estimate of drug-likeness (QED) is 0.487. The van der Waals surface area contributed by atoms with Crippen LogP contribution in [0.4, 0.5) is 24.5 Å². The van der Waals surface area contributed by atoms with Gasteiger partial charge in [0.2, 0.25) is 11.8 Å². The zero-order valence-corrected chi connectivity index (χ0v) is 14.2. The Labute approximate surface area is 152 Å². The number of nitrogens with two attached hydrogens (primary N) is 1. The molecule has 148 valence electrons. The van der Waals surface area contributed by atoms with E-state index in [-0.39, 0.29) is 30.6 Å². The van der Waals surface area contributed by atoms with E-state index in [1.165, 1.54) is 0 Å². The number of anilines is 1. The number of alkyl halides is 3. The summed E-state index contributed by atoms with van der Waals surface area (Å²) in [5.74, 6) is -1.27. The number of hydrogen-bond acceptors (Lipinski definition) is 5. The summed E-state index contributed by atoms with van der Waals surface area (Å²) >= 11 is 0. The van der Waals surface area contributed by atoms with Crippen LogP contribution in [0.25, 0.3) is 0 Å². The molecule has 1 fully saturated rings. The van der Waals surface area contributed by atoms with Crippen LogP contribution in [0.15, 0.2) is 18.2 Å². The molecule has 0 spiro atoms. The molecule has 1 aromatic rings. The lowest BCUT2D eigenvalue weighted by Gasteiger charge is -2.18. The summed E-state index contributed by atoms with van der Waals surface area (Å²) in [6.07, 6.45) is -2.75. The number of rotatable bonds is 7. The summed E-state index contributed by atoms with van der Waals surface area (Å²) in [7, 11) is 0. The van der Waals surface area contributed by atoms with Gasteiger partial charge in [0.25, 0.3) is 5.69 Å². The van der Waals surface area contributed by atoms with Crippen LogP contribution >= 0.6 is 0 Å². The molecule has 0 radical (unpaired) electrons. The minimum absolute atomic E-state index is 0.0218. The van der Waals surface area contributed by atoms with Crippen molar-refractivity contribution in [2.75, 3.05) is 11.9 Å². The Morgan fingerprint density at radius 1 is 1.30 bits per heavy atom. The van der Waals surface area contributed by atoms with Crippen molar-refractivity contribution in [1.82, 2.24) is 5.32 Å². The van der Waals surface area contributed by atoms with E-state index in [9.17, 15) is 32.9 Å². The van der Waals surface area contributed by atoms with E-state index in [4.69, 9.17) is 5.73 Å². The van der Waals surface area contributed by atoms with Gasteiger partial charge >= 0.3 is 6.18 Å². The number of benzene rings is 1. The second-order valence-corrected chi connectivity index (χ2v) is 6.28. The highest BCUT2D eigenvalue weighted by atomic mass is 19.4. The minimum Gasteiger partial charge on any atom is -0.379 e. The van der Waals surface area contributed by atoms with Crippen molar-refractivity contribution in [2.45, 2.75) is 37.9 Å². The van der Waals surface area contributed by atoms with Gasteiger partial charge in [0.1, 0.15) is 5.69 Å². The molecular weight excluding hydrogens is 369 g/mol. The molecule has 11 heteroatoms. The van der Waals surface area contributed by atoms with Crippen LogP contribution in [0.5, 0.6) is 0 Å². The van der Waals surface area contributed by atoms with Crippen LogP contribution in [0.2, 0.25) is 0 Å². The fourth-order valence-corrected chi connectivity index (χ4v) is 3.07. The van der Waals surface area contributed by atoms with Crippen LogP contribution in [-0.4, -0.2) is 29.3 Å². The molecule has 0 aromatic heterocycles. The fourth-order valence-electron chi connectivity index (χ4n) is 3.07. The van der Waals surface area contributed by atoms with Gasteiger partial charge in [-0.3, -0.25) is 19.7 Å². The molecule has 0 bridgehead atoms. The van der Waals surface area contributed by atoms with Gasteiger partial charge < -0.3 is 16.4 Å². The smallest absolute Gasteiger partial charge is 0.379 e. The van der Waals surface area contributed by atoms with E-state index < -0.39 is 34.2 Å². The summed E-state index contributed by atoms with van der Waals surface area (Å²) in [4.78, 5) is 33.4. The van der Waals surface area contributed by atoms with E-state index >= 15 is 0 Å². The van der Waals surface area contributed by atoms with Crippen molar-refractivity contribution in [1.29, 1.82) is 0 Å². The first-order valence-electron chi connectivity index (χ1n) is 8.27. The van der Waals surface area contributed by atoms with Crippen LogP contribution < -0.4 is 16.4 Å². The summed E-state index contributed by atoms with van der Waals surface area (Å²) in [6, 6.07) is 1.79. The van der Waals surface area contributed by atoms with E-state index in [1.807, 2.05) is 0 Å². The van der Waals surface area contributed by atoms with Crippen LogP contribution in [0.3, 0.4) is 0 Å². The molecule has 4 N–H and O–H groups in total. The second kappa shape index (κ2) is 8.23. The van der Waals surface area contributed by atoms with Crippen molar-refractivity contribution in [3.8, 4) is 0 Å². The van der Waals surface area contributed by atoms with Gasteiger partial charge in [0.15, 0.2) is 0 Å². The molecule has 27 heavy (non-hydrogen) atoms. The number of nitro benzene ring substituents is 1. The average Bonchev–Trinajstić information content (AvgIpc) is 3.02. The Balaban J connectivity index is 1.93. The van der Waals surface area contributed by atoms with Crippen molar-refractivity contribution >= 4 is 23.2 Å². The molecule has 0 heterocycles. The van der Waals surface area contributed by atoms with E-state index in [0.29, 0.717) is 18.9 Å². The van der Waals surface area contributed by atoms with Crippen LogP contribution in [-0.2, 0) is 15.8 Å². The standard InChI is InChI=1S/C16H19F3N4O4/c17-16(18,19)9-4-5-12(13(8-9)23(26)27)21-7-6-14(24)22-11-3-1-2-10(11)15(20)25/h4-5,8,10-11,21H,1-3,6-7H2,(H2,20,25)(H,22,24)/t10-,11-/m1/s1. The maximum absolute atomic E-state index is 12.7. The molecule has 0 aliphatic heterocycles. The number of nitrogens with one attached hydrogen (secondary N) is 2. The topological polar surface area (TPSA) is 127 Å². The number of nitrogens with zero attached hydrogens (tertiary/aromatic N) is 1. The molecule has 2 rings (SSSR count). The molecule has 0 saturated heterocycles. The Morgan fingerprint density at radius 3 is 2.59 bits per heavy atom. The fraction of sp³-hybridized carbons (Fsp3) is 0.500. The first-order valence-corrected chi connectivity index (χ1v) is 8.27. The Bertz CT molecular complexity index is 739. The van der Waals surface area contributed by atoms with Crippen LogP contribution in [0.1, 0.15) is 31.2 Å². The predicted octanol–water partition coefficient (Wildman–Crippen LogP) is 2.19. The molecule has 2 atom stereocenters. The Kier molecular flexibility index (Phi) is 6.24. The lowest BCUT2D eigenvalue weighted by atomic mass is 10.0. The first kappa shape index (κ1) is 20.5. The first-order chi connectivity index (χ1) is 12.6. The molecule has 8 nitrogen and oxygen atoms in total. The van der Waals surface area contributed by atoms with Crippen molar-refractivity contribution in [3.63, 3.8) is 0 Å². The van der Waals surface area contributed by atoms with Gasteiger partial charge in [0.05, 0.1) is 16.4 Å². The Morgan fingerprint density at radius 2 is 2.00 bits per heavy atom. The lowest BCUT2D eigenvalue weighted by Crippen LogP contribution is -2.42.